The van der Waals surface area contributed by atoms with Gasteiger partial charge in [-0.15, -0.1) is 0 Å². The minimum atomic E-state index is -4.38. The van der Waals surface area contributed by atoms with Crippen LogP contribution in [-0.2, 0) is 19.1 Å². The smallest absolute Gasteiger partial charge is 0.301 e. The molecule has 0 bridgehead atoms. The van der Waals surface area contributed by atoms with E-state index in [1.54, 1.807) is 0 Å². The van der Waals surface area contributed by atoms with Gasteiger partial charge in [-0.1, -0.05) is 0 Å². The SMILES string of the molecule is CCn1cc(CCN2CCC[C@H](n3ccc(C(F)(F)F)n3)C2)cn1. The molecule has 0 amide bonds. The van der Waals surface area contributed by atoms with E-state index in [1.807, 2.05) is 24.0 Å². The van der Waals surface area contributed by atoms with Crippen molar-refractivity contribution >= 4 is 0 Å². The van der Waals surface area contributed by atoms with Crippen LogP contribution in [0.3, 0.4) is 0 Å². The lowest BCUT2D eigenvalue weighted by molar-refractivity contribution is -0.141. The van der Waals surface area contributed by atoms with Gasteiger partial charge in [0, 0.05) is 32.0 Å². The number of rotatable bonds is 5. The number of aryl methyl sites for hydroxylation is 1. The first kappa shape index (κ1) is 17.0. The number of alkyl halides is 3. The van der Waals surface area contributed by atoms with Crippen LogP contribution in [0.2, 0.25) is 0 Å². The van der Waals surface area contributed by atoms with E-state index in [0.29, 0.717) is 0 Å². The number of nitrogens with zero attached hydrogens (tertiary/aromatic N) is 5. The van der Waals surface area contributed by atoms with E-state index in [0.717, 1.165) is 51.5 Å². The Morgan fingerprint density at radius 1 is 1.33 bits per heavy atom. The van der Waals surface area contributed by atoms with Crippen LogP contribution in [0.5, 0.6) is 0 Å². The third-order valence-electron chi connectivity index (χ3n) is 4.48. The number of hydrogen-bond donors (Lipinski definition) is 0. The maximum absolute atomic E-state index is 12.7. The molecule has 1 fully saturated rings. The summed E-state index contributed by atoms with van der Waals surface area (Å²) < 4.78 is 41.4. The minimum Gasteiger partial charge on any atom is -0.301 e. The lowest BCUT2D eigenvalue weighted by atomic mass is 10.1. The molecule has 8 heteroatoms. The molecule has 3 heterocycles. The van der Waals surface area contributed by atoms with Gasteiger partial charge in [0.25, 0.3) is 0 Å². The molecular formula is C16H22F3N5. The normalized spacial score (nSPS) is 19.8. The van der Waals surface area contributed by atoms with Gasteiger partial charge in [-0.2, -0.15) is 23.4 Å². The minimum absolute atomic E-state index is 0.00761. The molecule has 0 aromatic carbocycles. The molecular weight excluding hydrogens is 319 g/mol. The summed E-state index contributed by atoms with van der Waals surface area (Å²) in [5, 5.41) is 7.99. The standard InChI is InChI=1S/C16H22F3N5/c1-2-23-11-13(10-20-23)5-8-22-7-3-4-14(12-22)24-9-6-15(21-24)16(17,18)19/h6,9-11,14H,2-5,7-8,12H2,1H3/t14-/m0/s1. The van der Waals surface area contributed by atoms with Crippen molar-refractivity contribution in [2.24, 2.45) is 0 Å². The molecule has 0 radical (unpaired) electrons. The van der Waals surface area contributed by atoms with Gasteiger partial charge in [0.05, 0.1) is 12.2 Å². The van der Waals surface area contributed by atoms with Crippen molar-refractivity contribution in [3.8, 4) is 0 Å². The molecule has 0 spiro atoms. The quantitative estimate of drug-likeness (QED) is 0.839. The molecule has 2 aromatic heterocycles. The Morgan fingerprint density at radius 2 is 2.17 bits per heavy atom. The van der Waals surface area contributed by atoms with E-state index in [9.17, 15) is 13.2 Å². The monoisotopic (exact) mass is 341 g/mol. The number of halogens is 3. The second-order valence-corrected chi connectivity index (χ2v) is 6.23. The first-order valence-corrected chi connectivity index (χ1v) is 8.31. The summed E-state index contributed by atoms with van der Waals surface area (Å²) in [6, 6.07) is 1.06. The van der Waals surface area contributed by atoms with Gasteiger partial charge in [-0.25, -0.2) is 0 Å². The van der Waals surface area contributed by atoms with Crippen LogP contribution in [0.15, 0.2) is 24.7 Å². The van der Waals surface area contributed by atoms with Crippen molar-refractivity contribution in [2.45, 2.75) is 44.9 Å². The molecule has 1 saturated heterocycles. The van der Waals surface area contributed by atoms with E-state index in [4.69, 9.17) is 0 Å². The zero-order valence-corrected chi connectivity index (χ0v) is 13.7. The van der Waals surface area contributed by atoms with Crippen molar-refractivity contribution in [3.63, 3.8) is 0 Å². The Morgan fingerprint density at radius 3 is 2.83 bits per heavy atom. The van der Waals surface area contributed by atoms with Gasteiger partial charge in [0.15, 0.2) is 5.69 Å². The van der Waals surface area contributed by atoms with Crippen LogP contribution in [-0.4, -0.2) is 44.1 Å². The van der Waals surface area contributed by atoms with Gasteiger partial charge >= 0.3 is 6.18 Å². The topological polar surface area (TPSA) is 38.9 Å². The Hall–Kier alpha value is -1.83. The number of likely N-dealkylation sites (tertiary alicyclic amines) is 1. The second kappa shape index (κ2) is 6.96. The van der Waals surface area contributed by atoms with Crippen molar-refractivity contribution in [2.75, 3.05) is 19.6 Å². The zero-order valence-electron chi connectivity index (χ0n) is 13.7. The van der Waals surface area contributed by atoms with Crippen LogP contribution in [0.1, 0.15) is 37.1 Å². The van der Waals surface area contributed by atoms with Gasteiger partial charge < -0.3 is 4.90 Å². The van der Waals surface area contributed by atoms with E-state index in [-0.39, 0.29) is 6.04 Å². The van der Waals surface area contributed by atoms with Gasteiger partial charge in [0.2, 0.25) is 0 Å². The van der Waals surface area contributed by atoms with Gasteiger partial charge in [-0.3, -0.25) is 9.36 Å². The Labute approximate surface area is 139 Å². The Bertz CT molecular complexity index is 661. The molecule has 2 aromatic rings. The maximum atomic E-state index is 12.7. The average molecular weight is 341 g/mol. The third-order valence-corrected chi connectivity index (χ3v) is 4.48. The van der Waals surface area contributed by atoms with Crippen molar-refractivity contribution in [1.29, 1.82) is 0 Å². The summed E-state index contributed by atoms with van der Waals surface area (Å²) in [7, 11) is 0. The van der Waals surface area contributed by atoms with Crippen LogP contribution < -0.4 is 0 Å². The molecule has 0 unspecified atom stereocenters. The average Bonchev–Trinajstić information content (AvgIpc) is 3.22. The van der Waals surface area contributed by atoms with Gasteiger partial charge in [0.1, 0.15) is 0 Å². The third kappa shape index (κ3) is 3.98. The summed E-state index contributed by atoms with van der Waals surface area (Å²) in [4.78, 5) is 2.30. The highest BCUT2D eigenvalue weighted by atomic mass is 19.4. The van der Waals surface area contributed by atoms with Crippen LogP contribution >= 0.6 is 0 Å². The molecule has 1 atom stereocenters. The lowest BCUT2D eigenvalue weighted by Crippen LogP contribution is -2.38. The summed E-state index contributed by atoms with van der Waals surface area (Å²) in [6.07, 6.45) is 3.74. The Balaban J connectivity index is 1.57. The van der Waals surface area contributed by atoms with E-state index in [2.05, 4.69) is 15.1 Å². The first-order valence-electron chi connectivity index (χ1n) is 8.31. The highest BCUT2D eigenvalue weighted by Gasteiger charge is 2.34. The predicted octanol–water partition coefficient (Wildman–Crippen LogP) is 3.00. The fourth-order valence-corrected chi connectivity index (χ4v) is 3.14. The molecule has 5 nitrogen and oxygen atoms in total. The Kier molecular flexibility index (Phi) is 4.93. The molecule has 0 aliphatic carbocycles. The first-order chi connectivity index (χ1) is 11.5. The number of piperidine rings is 1. The molecule has 3 rings (SSSR count). The fourth-order valence-electron chi connectivity index (χ4n) is 3.14. The van der Waals surface area contributed by atoms with Crippen molar-refractivity contribution < 1.29 is 13.2 Å². The van der Waals surface area contributed by atoms with E-state index < -0.39 is 11.9 Å². The van der Waals surface area contributed by atoms with Crippen LogP contribution in [0, 0.1) is 0 Å². The predicted molar refractivity (Wildman–Crippen MR) is 83.5 cm³/mol. The zero-order chi connectivity index (χ0) is 17.2. The summed E-state index contributed by atoms with van der Waals surface area (Å²) in [5.41, 5.74) is 0.379. The number of aromatic nitrogens is 4. The molecule has 1 aliphatic heterocycles. The van der Waals surface area contributed by atoms with Crippen molar-refractivity contribution in [1.82, 2.24) is 24.5 Å². The summed E-state index contributed by atoms with van der Waals surface area (Å²) in [5.74, 6) is 0. The highest BCUT2D eigenvalue weighted by molar-refractivity contribution is 5.05. The van der Waals surface area contributed by atoms with Crippen LogP contribution in [0.4, 0.5) is 13.2 Å². The second-order valence-electron chi connectivity index (χ2n) is 6.23. The summed E-state index contributed by atoms with van der Waals surface area (Å²) in [6.45, 7) is 5.50. The molecule has 24 heavy (non-hydrogen) atoms. The van der Waals surface area contributed by atoms with E-state index >= 15 is 0 Å². The van der Waals surface area contributed by atoms with E-state index in [1.165, 1.54) is 16.4 Å². The number of hydrogen-bond acceptors (Lipinski definition) is 3. The summed E-state index contributed by atoms with van der Waals surface area (Å²) >= 11 is 0. The molecule has 1 aliphatic rings. The largest absolute Gasteiger partial charge is 0.435 e. The molecule has 132 valence electrons. The van der Waals surface area contributed by atoms with Gasteiger partial charge in [-0.05, 0) is 44.4 Å². The molecule has 0 saturated carbocycles. The fraction of sp³-hybridized carbons (Fsp3) is 0.625. The van der Waals surface area contributed by atoms with Crippen LogP contribution in [0.25, 0.3) is 0 Å². The van der Waals surface area contributed by atoms with Crippen molar-refractivity contribution in [3.05, 3.63) is 35.9 Å². The lowest BCUT2D eigenvalue weighted by Gasteiger charge is -2.32. The highest BCUT2D eigenvalue weighted by Crippen LogP contribution is 2.29. The molecule has 0 N–H and O–H groups in total. The maximum Gasteiger partial charge on any atom is 0.435 e.